The average molecular weight is 290 g/mol. The second-order valence-electron chi connectivity index (χ2n) is 6.65. The van der Waals surface area contributed by atoms with Gasteiger partial charge in [-0.2, -0.15) is 0 Å². The van der Waals surface area contributed by atoms with Crippen LogP contribution in [-0.4, -0.2) is 31.1 Å². The summed E-state index contributed by atoms with van der Waals surface area (Å²) < 4.78 is 5.77. The van der Waals surface area contributed by atoms with Crippen molar-refractivity contribution in [3.05, 3.63) is 29.8 Å². The molecule has 1 heterocycles. The molecule has 0 spiro atoms. The van der Waals surface area contributed by atoms with Crippen molar-refractivity contribution in [2.45, 2.75) is 39.7 Å². The van der Waals surface area contributed by atoms with Crippen LogP contribution in [0.3, 0.4) is 0 Å². The number of rotatable bonds is 7. The van der Waals surface area contributed by atoms with Crippen LogP contribution < -0.4 is 10.5 Å². The maximum atomic E-state index is 5.80. The summed E-state index contributed by atoms with van der Waals surface area (Å²) >= 11 is 0. The van der Waals surface area contributed by atoms with Crippen LogP contribution in [0.15, 0.2) is 24.3 Å². The number of hydrogen-bond acceptors (Lipinski definition) is 3. The molecule has 0 aromatic heterocycles. The third-order valence-corrected chi connectivity index (χ3v) is 4.23. The molecular formula is C18H30N2O. The minimum absolute atomic E-state index is 0.678. The Labute approximate surface area is 129 Å². The minimum Gasteiger partial charge on any atom is -0.494 e. The van der Waals surface area contributed by atoms with Gasteiger partial charge in [0.15, 0.2) is 0 Å². The molecule has 3 heteroatoms. The maximum Gasteiger partial charge on any atom is 0.119 e. The number of nitrogens with two attached hydrogens (primary N) is 1. The molecule has 1 fully saturated rings. The number of hydrogen-bond donors (Lipinski definition) is 1. The summed E-state index contributed by atoms with van der Waals surface area (Å²) in [5, 5.41) is 0. The average Bonchev–Trinajstić information content (AvgIpc) is 2.49. The van der Waals surface area contributed by atoms with Gasteiger partial charge in [0.05, 0.1) is 6.61 Å². The van der Waals surface area contributed by atoms with Gasteiger partial charge in [-0.15, -0.1) is 0 Å². The van der Waals surface area contributed by atoms with Gasteiger partial charge in [0.25, 0.3) is 0 Å². The van der Waals surface area contributed by atoms with E-state index in [1.165, 1.54) is 24.9 Å². The Morgan fingerprint density at radius 3 is 2.71 bits per heavy atom. The first-order valence-electron chi connectivity index (χ1n) is 8.31. The van der Waals surface area contributed by atoms with Crippen molar-refractivity contribution in [2.24, 2.45) is 17.6 Å². The standard InChI is InChI=1S/C18H30N2O/c1-15(2)9-11-21-18-7-5-16(6-8-18)13-20-10-3-4-17(12-19)14-20/h5-8,15,17H,3-4,9-14,19H2,1-2H3. The first kappa shape index (κ1) is 16.3. The molecule has 2 N–H and O–H groups in total. The first-order valence-corrected chi connectivity index (χ1v) is 8.31. The molecule has 0 aliphatic carbocycles. The highest BCUT2D eigenvalue weighted by Gasteiger charge is 2.18. The molecule has 0 amide bonds. The van der Waals surface area contributed by atoms with Gasteiger partial charge in [-0.25, -0.2) is 0 Å². The smallest absolute Gasteiger partial charge is 0.119 e. The van der Waals surface area contributed by atoms with Crippen LogP contribution in [0.25, 0.3) is 0 Å². The lowest BCUT2D eigenvalue weighted by Gasteiger charge is -2.32. The van der Waals surface area contributed by atoms with Crippen LogP contribution in [0.5, 0.6) is 5.75 Å². The van der Waals surface area contributed by atoms with Gasteiger partial charge in [-0.3, -0.25) is 4.90 Å². The Kier molecular flexibility index (Phi) is 6.52. The summed E-state index contributed by atoms with van der Waals surface area (Å²) in [6.45, 7) is 9.44. The van der Waals surface area contributed by atoms with Crippen molar-refractivity contribution >= 4 is 0 Å². The van der Waals surface area contributed by atoms with Crippen molar-refractivity contribution in [1.29, 1.82) is 0 Å². The van der Waals surface area contributed by atoms with Gasteiger partial charge in [0.2, 0.25) is 0 Å². The van der Waals surface area contributed by atoms with E-state index in [1.807, 2.05) is 0 Å². The van der Waals surface area contributed by atoms with E-state index >= 15 is 0 Å². The minimum atomic E-state index is 0.678. The molecule has 2 rings (SSSR count). The Bertz CT molecular complexity index is 402. The predicted octanol–water partition coefficient (Wildman–Crippen LogP) is 3.28. The predicted molar refractivity (Wildman–Crippen MR) is 88.4 cm³/mol. The van der Waals surface area contributed by atoms with E-state index < -0.39 is 0 Å². The lowest BCUT2D eigenvalue weighted by molar-refractivity contribution is 0.171. The first-order chi connectivity index (χ1) is 10.2. The zero-order valence-corrected chi connectivity index (χ0v) is 13.6. The highest BCUT2D eigenvalue weighted by atomic mass is 16.5. The third kappa shape index (κ3) is 5.68. The summed E-state index contributed by atoms with van der Waals surface area (Å²) in [6.07, 6.45) is 3.67. The quantitative estimate of drug-likeness (QED) is 0.837. The zero-order valence-electron chi connectivity index (χ0n) is 13.6. The molecule has 1 aliphatic heterocycles. The number of benzene rings is 1. The fourth-order valence-corrected chi connectivity index (χ4v) is 2.85. The van der Waals surface area contributed by atoms with Gasteiger partial charge in [-0.1, -0.05) is 26.0 Å². The SMILES string of the molecule is CC(C)CCOc1ccc(CN2CCCC(CN)C2)cc1. The lowest BCUT2D eigenvalue weighted by atomic mass is 9.98. The van der Waals surface area contributed by atoms with Crippen LogP contribution >= 0.6 is 0 Å². The summed E-state index contributed by atoms with van der Waals surface area (Å²) in [7, 11) is 0. The van der Waals surface area contributed by atoms with E-state index in [1.54, 1.807) is 0 Å². The molecule has 21 heavy (non-hydrogen) atoms. The monoisotopic (exact) mass is 290 g/mol. The molecule has 1 atom stereocenters. The van der Waals surface area contributed by atoms with E-state index in [9.17, 15) is 0 Å². The van der Waals surface area contributed by atoms with E-state index in [0.29, 0.717) is 11.8 Å². The molecule has 1 unspecified atom stereocenters. The maximum absolute atomic E-state index is 5.80. The number of piperidine rings is 1. The molecule has 1 aromatic rings. The van der Waals surface area contributed by atoms with E-state index in [0.717, 1.165) is 38.4 Å². The lowest BCUT2D eigenvalue weighted by Crippen LogP contribution is -2.37. The largest absolute Gasteiger partial charge is 0.494 e. The Balaban J connectivity index is 1.79. The van der Waals surface area contributed by atoms with Crippen LogP contribution in [0.1, 0.15) is 38.7 Å². The van der Waals surface area contributed by atoms with Gasteiger partial charge in [0.1, 0.15) is 5.75 Å². The molecule has 3 nitrogen and oxygen atoms in total. The van der Waals surface area contributed by atoms with Gasteiger partial charge in [-0.05, 0) is 61.9 Å². The number of ether oxygens (including phenoxy) is 1. The van der Waals surface area contributed by atoms with E-state index in [-0.39, 0.29) is 0 Å². The molecule has 118 valence electrons. The molecular weight excluding hydrogens is 260 g/mol. The van der Waals surface area contributed by atoms with Crippen LogP contribution in [0.2, 0.25) is 0 Å². The summed E-state index contributed by atoms with van der Waals surface area (Å²) in [5.74, 6) is 2.36. The molecule has 0 radical (unpaired) electrons. The van der Waals surface area contributed by atoms with Crippen LogP contribution in [-0.2, 0) is 6.54 Å². The van der Waals surface area contributed by atoms with Gasteiger partial charge in [0, 0.05) is 13.1 Å². The van der Waals surface area contributed by atoms with Crippen molar-refractivity contribution in [3.63, 3.8) is 0 Å². The number of likely N-dealkylation sites (tertiary alicyclic amines) is 1. The van der Waals surface area contributed by atoms with Crippen molar-refractivity contribution in [1.82, 2.24) is 4.90 Å². The highest BCUT2D eigenvalue weighted by molar-refractivity contribution is 5.27. The Morgan fingerprint density at radius 1 is 1.29 bits per heavy atom. The van der Waals surface area contributed by atoms with E-state index in [4.69, 9.17) is 10.5 Å². The fourth-order valence-electron chi connectivity index (χ4n) is 2.85. The van der Waals surface area contributed by atoms with Gasteiger partial charge < -0.3 is 10.5 Å². The summed E-state index contributed by atoms with van der Waals surface area (Å²) in [5.41, 5.74) is 7.17. The van der Waals surface area contributed by atoms with Crippen molar-refractivity contribution < 1.29 is 4.74 Å². The van der Waals surface area contributed by atoms with E-state index in [2.05, 4.69) is 43.0 Å². The molecule has 0 saturated carbocycles. The molecule has 1 aromatic carbocycles. The van der Waals surface area contributed by atoms with Crippen LogP contribution in [0, 0.1) is 11.8 Å². The zero-order chi connectivity index (χ0) is 15.1. The molecule has 1 saturated heterocycles. The second-order valence-corrected chi connectivity index (χ2v) is 6.65. The third-order valence-electron chi connectivity index (χ3n) is 4.23. The molecule has 0 bridgehead atoms. The fraction of sp³-hybridized carbons (Fsp3) is 0.667. The number of nitrogens with zero attached hydrogens (tertiary/aromatic N) is 1. The topological polar surface area (TPSA) is 38.5 Å². The van der Waals surface area contributed by atoms with Crippen molar-refractivity contribution in [3.8, 4) is 5.75 Å². The second kappa shape index (κ2) is 8.40. The van der Waals surface area contributed by atoms with Crippen molar-refractivity contribution in [2.75, 3.05) is 26.2 Å². The van der Waals surface area contributed by atoms with Crippen LogP contribution in [0.4, 0.5) is 0 Å². The highest BCUT2D eigenvalue weighted by Crippen LogP contribution is 2.19. The summed E-state index contributed by atoms with van der Waals surface area (Å²) in [6, 6.07) is 8.58. The normalized spacial score (nSPS) is 19.9. The molecule has 1 aliphatic rings. The summed E-state index contributed by atoms with van der Waals surface area (Å²) in [4.78, 5) is 2.52. The Hall–Kier alpha value is -1.06. The van der Waals surface area contributed by atoms with Gasteiger partial charge >= 0.3 is 0 Å². The Morgan fingerprint density at radius 2 is 2.05 bits per heavy atom.